The largest absolute Gasteiger partial charge is 0.455 e. The van der Waals surface area contributed by atoms with E-state index >= 15 is 0 Å². The van der Waals surface area contributed by atoms with Crippen LogP contribution in [-0.2, 0) is 18.3 Å². The summed E-state index contributed by atoms with van der Waals surface area (Å²) in [5, 5.41) is 16.5. The molecule has 2 aromatic heterocycles. The van der Waals surface area contributed by atoms with Crippen molar-refractivity contribution < 1.29 is 9.53 Å². The van der Waals surface area contributed by atoms with E-state index in [2.05, 4.69) is 15.4 Å². The fraction of sp³-hybridized carbons (Fsp3) is 0.375. The van der Waals surface area contributed by atoms with Crippen LogP contribution >= 0.6 is 11.6 Å². The molecule has 126 valence electrons. The summed E-state index contributed by atoms with van der Waals surface area (Å²) < 4.78 is 6.89. The zero-order valence-electron chi connectivity index (χ0n) is 13.9. The second-order valence-electron chi connectivity index (χ2n) is 6.16. The minimum absolute atomic E-state index is 0.242. The van der Waals surface area contributed by atoms with Gasteiger partial charge in [-0.15, -0.1) is 0 Å². The van der Waals surface area contributed by atoms with Crippen LogP contribution < -0.4 is 5.32 Å². The van der Waals surface area contributed by atoms with Crippen molar-refractivity contribution in [1.82, 2.24) is 14.8 Å². The number of nitriles is 1. The molecule has 0 atom stereocenters. The van der Waals surface area contributed by atoms with Gasteiger partial charge in [-0.2, -0.15) is 10.4 Å². The summed E-state index contributed by atoms with van der Waals surface area (Å²) in [6.07, 6.45) is 1.41. The fourth-order valence-corrected chi connectivity index (χ4v) is 2.05. The minimum atomic E-state index is -0.575. The molecule has 0 saturated carbocycles. The molecule has 0 unspecified atom stereocenters. The van der Waals surface area contributed by atoms with Crippen molar-refractivity contribution in [2.45, 2.75) is 32.9 Å². The molecule has 2 heterocycles. The molecule has 0 bridgehead atoms. The second kappa shape index (κ2) is 6.89. The molecular weight excluding hydrogens is 330 g/mol. The third kappa shape index (κ3) is 4.46. The number of aromatic nitrogens is 3. The van der Waals surface area contributed by atoms with Crippen LogP contribution in [0.4, 0.5) is 5.82 Å². The maximum Gasteiger partial charge on any atom is 0.359 e. The third-order valence-corrected chi connectivity index (χ3v) is 3.31. The smallest absolute Gasteiger partial charge is 0.359 e. The van der Waals surface area contributed by atoms with Crippen molar-refractivity contribution >= 4 is 23.4 Å². The maximum absolute atomic E-state index is 12.0. The number of anilines is 1. The van der Waals surface area contributed by atoms with Gasteiger partial charge in [0.1, 0.15) is 17.5 Å². The Kier molecular flexibility index (Phi) is 5.10. The Labute approximate surface area is 145 Å². The summed E-state index contributed by atoms with van der Waals surface area (Å²) in [5.74, 6) is 0.0386. The van der Waals surface area contributed by atoms with Gasteiger partial charge in [0, 0.05) is 13.2 Å². The summed E-state index contributed by atoms with van der Waals surface area (Å²) in [5.41, 5.74) is 0.777. The summed E-state index contributed by atoms with van der Waals surface area (Å²) in [7, 11) is 1.74. The highest BCUT2D eigenvalue weighted by molar-refractivity contribution is 6.31. The molecule has 0 fully saturated rings. The number of aryl methyl sites for hydroxylation is 1. The first-order chi connectivity index (χ1) is 11.2. The number of nitrogens with zero attached hydrogens (tertiary/aromatic N) is 4. The van der Waals surface area contributed by atoms with Crippen LogP contribution in [-0.4, -0.2) is 26.3 Å². The Morgan fingerprint density at radius 2 is 2.17 bits per heavy atom. The zero-order chi connectivity index (χ0) is 17.9. The Morgan fingerprint density at radius 1 is 1.46 bits per heavy atom. The number of halogens is 1. The van der Waals surface area contributed by atoms with Crippen LogP contribution in [0.5, 0.6) is 0 Å². The molecule has 0 aromatic carbocycles. The van der Waals surface area contributed by atoms with Gasteiger partial charge in [-0.05, 0) is 32.9 Å². The molecule has 2 aromatic rings. The lowest BCUT2D eigenvalue weighted by atomic mass is 10.2. The minimum Gasteiger partial charge on any atom is -0.455 e. The van der Waals surface area contributed by atoms with Gasteiger partial charge in [-0.3, -0.25) is 4.68 Å². The monoisotopic (exact) mass is 347 g/mol. The van der Waals surface area contributed by atoms with Gasteiger partial charge in [-0.1, -0.05) is 11.6 Å². The van der Waals surface area contributed by atoms with E-state index in [1.165, 1.54) is 6.20 Å². The van der Waals surface area contributed by atoms with E-state index in [9.17, 15) is 4.79 Å². The lowest BCUT2D eigenvalue weighted by molar-refractivity contribution is 0.00620. The van der Waals surface area contributed by atoms with Gasteiger partial charge in [0.25, 0.3) is 0 Å². The molecule has 1 N–H and O–H groups in total. The van der Waals surface area contributed by atoms with Crippen molar-refractivity contribution in [3.05, 3.63) is 40.3 Å². The average Bonchev–Trinajstić information content (AvgIpc) is 2.86. The third-order valence-electron chi connectivity index (χ3n) is 3.01. The van der Waals surface area contributed by atoms with Gasteiger partial charge < -0.3 is 10.1 Å². The fourth-order valence-electron chi connectivity index (χ4n) is 1.90. The normalized spacial score (nSPS) is 11.0. The summed E-state index contributed by atoms with van der Waals surface area (Å²) in [4.78, 5) is 16.1. The van der Waals surface area contributed by atoms with Crippen LogP contribution in [0.3, 0.4) is 0 Å². The highest BCUT2D eigenvalue weighted by Crippen LogP contribution is 2.18. The molecule has 7 nitrogen and oxygen atoms in total. The van der Waals surface area contributed by atoms with E-state index in [1.54, 1.807) is 44.6 Å². The quantitative estimate of drug-likeness (QED) is 0.855. The molecule has 0 saturated heterocycles. The van der Waals surface area contributed by atoms with Crippen molar-refractivity contribution in [2.75, 3.05) is 5.32 Å². The maximum atomic E-state index is 12.0. The Hall–Kier alpha value is -2.59. The number of hydrogen-bond acceptors (Lipinski definition) is 6. The highest BCUT2D eigenvalue weighted by atomic mass is 35.5. The molecule has 8 heteroatoms. The van der Waals surface area contributed by atoms with E-state index in [0.717, 1.165) is 5.69 Å². The first-order valence-electron chi connectivity index (χ1n) is 7.25. The van der Waals surface area contributed by atoms with Crippen LogP contribution in [0.1, 0.15) is 42.5 Å². The Balaban J connectivity index is 2.09. The number of carbonyl (C=O) groups is 1. The number of pyridine rings is 1. The van der Waals surface area contributed by atoms with Gasteiger partial charge in [0.05, 0.1) is 22.8 Å². The molecule has 0 amide bonds. The summed E-state index contributed by atoms with van der Waals surface area (Å²) >= 11 is 5.85. The van der Waals surface area contributed by atoms with Crippen molar-refractivity contribution in [3.8, 4) is 6.07 Å². The topological polar surface area (TPSA) is 92.8 Å². The number of hydrogen-bond donors (Lipinski definition) is 1. The van der Waals surface area contributed by atoms with E-state index in [1.807, 2.05) is 6.07 Å². The molecule has 0 aliphatic heterocycles. The molecule has 0 radical (unpaired) electrons. The van der Waals surface area contributed by atoms with Crippen LogP contribution in [0.2, 0.25) is 5.02 Å². The Morgan fingerprint density at radius 3 is 2.79 bits per heavy atom. The van der Waals surface area contributed by atoms with Crippen molar-refractivity contribution in [1.29, 1.82) is 5.26 Å². The van der Waals surface area contributed by atoms with Crippen molar-refractivity contribution in [3.63, 3.8) is 0 Å². The number of rotatable bonds is 4. The molecule has 24 heavy (non-hydrogen) atoms. The molecule has 2 rings (SSSR count). The zero-order valence-corrected chi connectivity index (χ0v) is 14.7. The molecule has 0 spiro atoms. The lowest BCUT2D eigenvalue weighted by Gasteiger charge is -2.18. The average molecular weight is 348 g/mol. The van der Waals surface area contributed by atoms with Crippen molar-refractivity contribution in [2.24, 2.45) is 7.05 Å². The highest BCUT2D eigenvalue weighted by Gasteiger charge is 2.21. The molecule has 0 aliphatic rings. The SMILES string of the molecule is Cn1nc(C(=O)OC(C)(C)C)cc1CNc1cc(C#N)c(Cl)cn1. The second-order valence-corrected chi connectivity index (χ2v) is 6.57. The Bertz CT molecular complexity index is 802. The number of nitrogens with one attached hydrogen (secondary N) is 1. The predicted molar refractivity (Wildman–Crippen MR) is 89.7 cm³/mol. The van der Waals surface area contributed by atoms with Gasteiger partial charge in [0.2, 0.25) is 0 Å². The first-order valence-corrected chi connectivity index (χ1v) is 7.63. The lowest BCUT2D eigenvalue weighted by Crippen LogP contribution is -2.24. The summed E-state index contributed by atoms with van der Waals surface area (Å²) in [6.45, 7) is 5.78. The van der Waals surface area contributed by atoms with E-state index in [-0.39, 0.29) is 5.69 Å². The predicted octanol–water partition coefficient (Wildman–Crippen LogP) is 2.91. The molecular formula is C16H18ClN5O2. The first kappa shape index (κ1) is 17.8. The van der Waals surface area contributed by atoms with Crippen LogP contribution in [0, 0.1) is 11.3 Å². The van der Waals surface area contributed by atoms with Gasteiger partial charge in [0.15, 0.2) is 5.69 Å². The number of esters is 1. The van der Waals surface area contributed by atoms with E-state index in [0.29, 0.717) is 22.9 Å². The van der Waals surface area contributed by atoms with Crippen LogP contribution in [0.25, 0.3) is 0 Å². The molecule has 0 aliphatic carbocycles. The number of ether oxygens (including phenoxy) is 1. The number of carbonyl (C=O) groups excluding carboxylic acids is 1. The summed E-state index contributed by atoms with van der Waals surface area (Å²) in [6, 6.07) is 5.21. The van der Waals surface area contributed by atoms with E-state index < -0.39 is 11.6 Å². The van der Waals surface area contributed by atoms with Gasteiger partial charge in [-0.25, -0.2) is 9.78 Å². The van der Waals surface area contributed by atoms with Gasteiger partial charge >= 0.3 is 5.97 Å². The standard InChI is InChI=1S/C16H18ClN5O2/c1-16(2,3)24-15(23)13-6-11(22(4)21-13)8-19-14-5-10(7-18)12(17)9-20-14/h5-6,9H,8H2,1-4H3,(H,19,20). The van der Waals surface area contributed by atoms with E-state index in [4.69, 9.17) is 21.6 Å². The van der Waals surface area contributed by atoms with Crippen LogP contribution in [0.15, 0.2) is 18.3 Å².